The normalized spacial score (nSPS) is 17.5. The van der Waals surface area contributed by atoms with Gasteiger partial charge < -0.3 is 9.47 Å². The lowest BCUT2D eigenvalue weighted by Crippen LogP contribution is -2.20. The van der Waals surface area contributed by atoms with Crippen LogP contribution in [0.25, 0.3) is 0 Å². The highest BCUT2D eigenvalue weighted by atomic mass is 16.5. The largest absolute Gasteiger partial charge is 0.497 e. The van der Waals surface area contributed by atoms with E-state index >= 15 is 0 Å². The van der Waals surface area contributed by atoms with Crippen LogP contribution in [-0.4, -0.2) is 13.1 Å². The predicted octanol–water partition coefficient (Wildman–Crippen LogP) is 3.14. The molecular formula is C16H14O3. The minimum Gasteiger partial charge on any atom is -0.497 e. The van der Waals surface area contributed by atoms with E-state index in [0.717, 1.165) is 11.1 Å². The molecule has 2 aromatic carbocycles. The van der Waals surface area contributed by atoms with Gasteiger partial charge in [-0.15, -0.1) is 0 Å². The van der Waals surface area contributed by atoms with Crippen LogP contribution in [0.15, 0.2) is 48.5 Å². The van der Waals surface area contributed by atoms with Gasteiger partial charge in [-0.2, -0.15) is 0 Å². The van der Waals surface area contributed by atoms with Crippen LogP contribution in [0.1, 0.15) is 23.5 Å². The zero-order valence-electron chi connectivity index (χ0n) is 10.6. The van der Waals surface area contributed by atoms with Crippen LogP contribution in [0, 0.1) is 0 Å². The lowest BCUT2D eigenvalue weighted by Gasteiger charge is -2.25. The number of benzene rings is 2. The van der Waals surface area contributed by atoms with Gasteiger partial charge in [-0.05, 0) is 11.6 Å². The number of rotatable bonds is 2. The van der Waals surface area contributed by atoms with Crippen LogP contribution in [0.2, 0.25) is 0 Å². The zero-order valence-corrected chi connectivity index (χ0v) is 10.6. The molecule has 3 nitrogen and oxygen atoms in total. The maximum atomic E-state index is 11.7. The van der Waals surface area contributed by atoms with Crippen LogP contribution in [0.5, 0.6) is 11.5 Å². The molecule has 0 saturated carbocycles. The van der Waals surface area contributed by atoms with Gasteiger partial charge in [0.25, 0.3) is 0 Å². The van der Waals surface area contributed by atoms with E-state index in [1.165, 1.54) is 0 Å². The highest BCUT2D eigenvalue weighted by molar-refractivity contribution is 5.77. The van der Waals surface area contributed by atoms with E-state index in [1.54, 1.807) is 13.2 Å². The molecule has 1 unspecified atom stereocenters. The van der Waals surface area contributed by atoms with E-state index in [4.69, 9.17) is 9.47 Å². The molecule has 0 N–H and O–H groups in total. The molecule has 0 aliphatic carbocycles. The molecule has 0 spiro atoms. The van der Waals surface area contributed by atoms with Gasteiger partial charge in [0.1, 0.15) is 11.5 Å². The molecule has 0 fully saturated rings. The third-order valence-corrected chi connectivity index (χ3v) is 3.39. The molecule has 1 aliphatic rings. The topological polar surface area (TPSA) is 35.5 Å². The highest BCUT2D eigenvalue weighted by Crippen LogP contribution is 2.40. The van der Waals surface area contributed by atoms with Gasteiger partial charge >= 0.3 is 5.97 Å². The Hall–Kier alpha value is -2.29. The molecule has 0 amide bonds. The highest BCUT2D eigenvalue weighted by Gasteiger charge is 2.28. The van der Waals surface area contributed by atoms with Crippen molar-refractivity contribution < 1.29 is 14.3 Å². The maximum absolute atomic E-state index is 11.7. The second-order valence-electron chi connectivity index (χ2n) is 4.55. The molecular weight excluding hydrogens is 240 g/mol. The molecule has 0 bridgehead atoms. The van der Waals surface area contributed by atoms with Crippen molar-refractivity contribution in [1.29, 1.82) is 0 Å². The van der Waals surface area contributed by atoms with E-state index in [0.29, 0.717) is 17.9 Å². The lowest BCUT2D eigenvalue weighted by molar-refractivity contribution is -0.135. The molecule has 2 aromatic rings. The minimum atomic E-state index is -0.199. The van der Waals surface area contributed by atoms with Crippen LogP contribution in [-0.2, 0) is 4.79 Å². The van der Waals surface area contributed by atoms with E-state index in [2.05, 4.69) is 0 Å². The molecule has 3 heteroatoms. The van der Waals surface area contributed by atoms with E-state index in [-0.39, 0.29) is 11.9 Å². The summed E-state index contributed by atoms with van der Waals surface area (Å²) in [6.45, 7) is 0. The Morgan fingerprint density at radius 3 is 2.68 bits per heavy atom. The minimum absolute atomic E-state index is 0.0587. The molecule has 0 saturated heterocycles. The summed E-state index contributed by atoms with van der Waals surface area (Å²) in [6.07, 6.45) is 0.378. The van der Waals surface area contributed by atoms with Gasteiger partial charge in [0.15, 0.2) is 0 Å². The molecule has 0 radical (unpaired) electrons. The summed E-state index contributed by atoms with van der Waals surface area (Å²) in [4.78, 5) is 11.7. The van der Waals surface area contributed by atoms with E-state index in [9.17, 15) is 4.79 Å². The van der Waals surface area contributed by atoms with Crippen molar-refractivity contribution in [2.75, 3.05) is 7.11 Å². The summed E-state index contributed by atoms with van der Waals surface area (Å²) >= 11 is 0. The Bertz CT molecular complexity index is 605. The second-order valence-corrected chi connectivity index (χ2v) is 4.55. The van der Waals surface area contributed by atoms with Gasteiger partial charge in [-0.25, -0.2) is 0 Å². The third-order valence-electron chi connectivity index (χ3n) is 3.39. The van der Waals surface area contributed by atoms with Crippen molar-refractivity contribution in [3.8, 4) is 11.5 Å². The number of esters is 1. The van der Waals surface area contributed by atoms with Crippen molar-refractivity contribution in [2.24, 2.45) is 0 Å². The first kappa shape index (κ1) is 11.8. The molecule has 96 valence electrons. The summed E-state index contributed by atoms with van der Waals surface area (Å²) in [5, 5.41) is 0. The average molecular weight is 254 g/mol. The molecule has 1 aliphatic heterocycles. The number of carbonyl (C=O) groups is 1. The van der Waals surface area contributed by atoms with Crippen LogP contribution in [0.4, 0.5) is 0 Å². The van der Waals surface area contributed by atoms with Gasteiger partial charge in [0.2, 0.25) is 0 Å². The standard InChI is InChI=1S/C16H14O3/c1-18-12-7-8-13-14(11-5-3-2-4-6-11)10-16(17)19-15(13)9-12/h2-9,14H,10H2,1H3. The number of methoxy groups -OCH3 is 1. The second kappa shape index (κ2) is 4.76. The first-order valence-electron chi connectivity index (χ1n) is 6.21. The number of ether oxygens (including phenoxy) is 2. The Morgan fingerprint density at radius 1 is 1.16 bits per heavy atom. The van der Waals surface area contributed by atoms with Gasteiger partial charge in [-0.1, -0.05) is 36.4 Å². The molecule has 0 aromatic heterocycles. The zero-order chi connectivity index (χ0) is 13.2. The van der Waals surface area contributed by atoms with Gasteiger partial charge in [0.05, 0.1) is 13.5 Å². The predicted molar refractivity (Wildman–Crippen MR) is 71.5 cm³/mol. The fourth-order valence-corrected chi connectivity index (χ4v) is 2.44. The Labute approximate surface area is 111 Å². The van der Waals surface area contributed by atoms with E-state index < -0.39 is 0 Å². The Balaban J connectivity index is 2.07. The number of hydrogen-bond donors (Lipinski definition) is 0. The smallest absolute Gasteiger partial charge is 0.312 e. The third kappa shape index (κ3) is 2.19. The van der Waals surface area contributed by atoms with Crippen molar-refractivity contribution >= 4 is 5.97 Å². The van der Waals surface area contributed by atoms with Crippen LogP contribution in [0.3, 0.4) is 0 Å². The fourth-order valence-electron chi connectivity index (χ4n) is 2.44. The van der Waals surface area contributed by atoms with Crippen molar-refractivity contribution in [3.05, 3.63) is 59.7 Å². The van der Waals surface area contributed by atoms with Crippen molar-refractivity contribution in [2.45, 2.75) is 12.3 Å². The monoisotopic (exact) mass is 254 g/mol. The fraction of sp³-hybridized carbons (Fsp3) is 0.188. The molecule has 3 rings (SSSR count). The number of hydrogen-bond acceptors (Lipinski definition) is 3. The molecule has 19 heavy (non-hydrogen) atoms. The summed E-state index contributed by atoms with van der Waals surface area (Å²) in [7, 11) is 1.60. The quantitative estimate of drug-likeness (QED) is 0.610. The van der Waals surface area contributed by atoms with Gasteiger partial charge in [-0.3, -0.25) is 4.79 Å². The summed E-state index contributed by atoms with van der Waals surface area (Å²) in [5.74, 6) is 1.16. The average Bonchev–Trinajstić information content (AvgIpc) is 2.46. The first-order chi connectivity index (χ1) is 9.28. The van der Waals surface area contributed by atoms with Crippen molar-refractivity contribution in [3.63, 3.8) is 0 Å². The van der Waals surface area contributed by atoms with Crippen LogP contribution >= 0.6 is 0 Å². The summed E-state index contributed by atoms with van der Waals surface area (Å²) < 4.78 is 10.5. The van der Waals surface area contributed by atoms with E-state index in [1.807, 2.05) is 42.5 Å². The van der Waals surface area contributed by atoms with Gasteiger partial charge in [0, 0.05) is 17.5 Å². The number of carbonyl (C=O) groups excluding carboxylic acids is 1. The maximum Gasteiger partial charge on any atom is 0.312 e. The lowest BCUT2D eigenvalue weighted by atomic mass is 9.86. The Kier molecular flexibility index (Phi) is 2.95. The molecule has 1 atom stereocenters. The van der Waals surface area contributed by atoms with Crippen LogP contribution < -0.4 is 9.47 Å². The van der Waals surface area contributed by atoms with Crippen molar-refractivity contribution in [1.82, 2.24) is 0 Å². The Morgan fingerprint density at radius 2 is 1.95 bits per heavy atom. The summed E-state index contributed by atoms with van der Waals surface area (Å²) in [5.41, 5.74) is 2.16. The number of fused-ring (bicyclic) bond motifs is 1. The SMILES string of the molecule is COc1ccc2c(c1)OC(=O)CC2c1ccccc1. The summed E-state index contributed by atoms with van der Waals surface area (Å²) in [6, 6.07) is 15.7. The molecule has 1 heterocycles. The first-order valence-corrected chi connectivity index (χ1v) is 6.21.